The largest absolute Gasteiger partial charge is 0.673 e. The second kappa shape index (κ2) is 7.81. The summed E-state index contributed by atoms with van der Waals surface area (Å²) in [6, 6.07) is 14.7. The van der Waals surface area contributed by atoms with Crippen LogP contribution >= 0.6 is 0 Å². The second-order valence-corrected chi connectivity index (χ2v) is 4.35. The molecule has 0 N–H and O–H groups in total. The minimum atomic E-state index is -6.00. The Hall–Kier alpha value is -1.85. The van der Waals surface area contributed by atoms with Gasteiger partial charge in [0, 0.05) is 12.1 Å². The minimum absolute atomic E-state index is 0.938. The summed E-state index contributed by atoms with van der Waals surface area (Å²) >= 11 is 0. The van der Waals surface area contributed by atoms with Crippen LogP contribution < -0.4 is 0 Å². The lowest BCUT2D eigenvalue weighted by molar-refractivity contribution is 0.368. The van der Waals surface area contributed by atoms with Crippen molar-refractivity contribution < 1.29 is 21.7 Å². The molecule has 1 aromatic carbocycles. The first-order valence-corrected chi connectivity index (χ1v) is 6.72. The van der Waals surface area contributed by atoms with E-state index >= 15 is 0 Å². The Balaban J connectivity index is 0.000000383. The molecule has 114 valence electrons. The first-order valence-electron chi connectivity index (χ1n) is 6.72. The van der Waals surface area contributed by atoms with Gasteiger partial charge >= 0.3 is 18.8 Å². The molecule has 1 nitrogen and oxygen atoms in total. The van der Waals surface area contributed by atoms with Crippen LogP contribution in [-0.4, -0.2) is 7.25 Å². The van der Waals surface area contributed by atoms with E-state index in [0.29, 0.717) is 0 Å². The maximum atomic E-state index is 9.75. The third-order valence-electron chi connectivity index (χ3n) is 2.70. The highest BCUT2D eigenvalue weighted by Crippen LogP contribution is 2.22. The monoisotopic (exact) mass is 300 g/mol. The summed E-state index contributed by atoms with van der Waals surface area (Å²) in [6.45, 7) is 4.24. The highest BCUT2D eigenvalue weighted by Gasteiger charge is 2.20. The van der Waals surface area contributed by atoms with Crippen molar-refractivity contribution >= 4 is 7.25 Å². The normalized spacial score (nSPS) is 10.8. The smallest absolute Gasteiger partial charge is 0.418 e. The Morgan fingerprint density at radius 3 is 1.62 bits per heavy atom. The van der Waals surface area contributed by atoms with Crippen molar-refractivity contribution in [1.82, 2.24) is 0 Å². The SMILES string of the molecule is CCc1cc(-c2ccccc2)cc(CC)[o+]1.F[B-](F)(F)F. The zero-order valence-electron chi connectivity index (χ0n) is 12.0. The standard InChI is InChI=1S/C15H17O.BF4/c1-3-14-10-13(11-15(4-2)16-14)12-8-6-5-7-9-12;2-1(3,4)5/h5-11H,3-4H2,1-2H3;/q+1;-1. The zero-order chi connectivity index (χ0) is 15.9. The Bertz CT molecular complexity index is 527. The van der Waals surface area contributed by atoms with Crippen molar-refractivity contribution in [2.24, 2.45) is 0 Å². The van der Waals surface area contributed by atoms with Gasteiger partial charge in [0.1, 0.15) is 0 Å². The first kappa shape index (κ1) is 17.2. The molecule has 6 heteroatoms. The van der Waals surface area contributed by atoms with Gasteiger partial charge in [-0.1, -0.05) is 44.2 Å². The summed E-state index contributed by atoms with van der Waals surface area (Å²) in [6.07, 6.45) is 1.88. The fourth-order valence-corrected chi connectivity index (χ4v) is 1.76. The lowest BCUT2D eigenvalue weighted by Crippen LogP contribution is -2.02. The van der Waals surface area contributed by atoms with E-state index in [1.807, 2.05) is 6.07 Å². The molecule has 0 unspecified atom stereocenters. The van der Waals surface area contributed by atoms with Crippen LogP contribution in [0.4, 0.5) is 17.3 Å². The molecule has 0 spiro atoms. The van der Waals surface area contributed by atoms with Gasteiger partial charge < -0.3 is 17.3 Å². The molecule has 21 heavy (non-hydrogen) atoms. The van der Waals surface area contributed by atoms with E-state index < -0.39 is 7.25 Å². The fraction of sp³-hybridized carbons (Fsp3) is 0.267. The number of halogens is 4. The lowest BCUT2D eigenvalue weighted by atomic mass is 10.0. The average Bonchev–Trinajstić information content (AvgIpc) is 2.46. The van der Waals surface area contributed by atoms with E-state index in [4.69, 9.17) is 4.42 Å². The van der Waals surface area contributed by atoms with E-state index in [1.165, 1.54) is 11.1 Å². The van der Waals surface area contributed by atoms with Crippen LogP contribution in [0.25, 0.3) is 11.1 Å². The minimum Gasteiger partial charge on any atom is -0.418 e. The van der Waals surface area contributed by atoms with Crippen LogP contribution in [0.2, 0.25) is 0 Å². The highest BCUT2D eigenvalue weighted by molar-refractivity contribution is 6.50. The predicted octanol–water partition coefficient (Wildman–Crippen LogP) is 5.65. The molecule has 0 bridgehead atoms. The molecule has 0 radical (unpaired) electrons. The van der Waals surface area contributed by atoms with Crippen molar-refractivity contribution in [3.8, 4) is 11.1 Å². The number of aryl methyl sites for hydroxylation is 2. The maximum absolute atomic E-state index is 9.75. The highest BCUT2D eigenvalue weighted by atomic mass is 19.5. The van der Waals surface area contributed by atoms with Crippen LogP contribution in [-0.2, 0) is 12.8 Å². The van der Waals surface area contributed by atoms with Crippen LogP contribution in [0, 0.1) is 0 Å². The van der Waals surface area contributed by atoms with Gasteiger partial charge in [-0.2, -0.15) is 0 Å². The fourth-order valence-electron chi connectivity index (χ4n) is 1.76. The van der Waals surface area contributed by atoms with E-state index in [9.17, 15) is 17.3 Å². The van der Waals surface area contributed by atoms with Crippen LogP contribution in [0.5, 0.6) is 0 Å². The number of hydrogen-bond donors (Lipinski definition) is 0. The molecule has 1 heterocycles. The van der Waals surface area contributed by atoms with Crippen LogP contribution in [0.1, 0.15) is 25.4 Å². The molecule has 2 rings (SSSR count). The van der Waals surface area contributed by atoms with Crippen LogP contribution in [0.3, 0.4) is 0 Å². The van der Waals surface area contributed by atoms with Gasteiger partial charge in [0.2, 0.25) is 0 Å². The third-order valence-corrected chi connectivity index (χ3v) is 2.70. The Kier molecular flexibility index (Phi) is 6.40. The van der Waals surface area contributed by atoms with Gasteiger partial charge in [0.05, 0.1) is 12.8 Å². The Morgan fingerprint density at radius 1 is 0.810 bits per heavy atom. The molecular formula is C15H17BF4O. The van der Waals surface area contributed by atoms with E-state index in [0.717, 1.165) is 24.4 Å². The third kappa shape index (κ3) is 6.93. The molecule has 0 saturated heterocycles. The molecule has 0 amide bonds. The number of benzene rings is 1. The molecule has 0 fully saturated rings. The van der Waals surface area contributed by atoms with Crippen molar-refractivity contribution in [2.75, 3.05) is 0 Å². The van der Waals surface area contributed by atoms with Gasteiger partial charge in [-0.3, -0.25) is 0 Å². The summed E-state index contributed by atoms with van der Waals surface area (Å²) in [5.41, 5.74) is 2.50. The summed E-state index contributed by atoms with van der Waals surface area (Å²) in [5, 5.41) is 0. The van der Waals surface area contributed by atoms with E-state index in [2.05, 4.69) is 50.2 Å². The summed E-state index contributed by atoms with van der Waals surface area (Å²) in [7, 11) is -6.00. The maximum Gasteiger partial charge on any atom is 0.673 e. The van der Waals surface area contributed by atoms with Crippen molar-refractivity contribution in [2.45, 2.75) is 26.7 Å². The first-order chi connectivity index (χ1) is 9.83. The van der Waals surface area contributed by atoms with E-state index in [1.54, 1.807) is 0 Å². The molecule has 1 aromatic heterocycles. The van der Waals surface area contributed by atoms with Gasteiger partial charge in [-0.25, -0.2) is 4.42 Å². The molecule has 0 aliphatic carbocycles. The molecular weight excluding hydrogens is 283 g/mol. The lowest BCUT2D eigenvalue weighted by Gasteiger charge is -1.99. The van der Waals surface area contributed by atoms with Crippen molar-refractivity contribution in [3.63, 3.8) is 0 Å². The number of rotatable bonds is 3. The molecule has 0 aliphatic heterocycles. The zero-order valence-corrected chi connectivity index (χ0v) is 12.0. The van der Waals surface area contributed by atoms with Crippen molar-refractivity contribution in [1.29, 1.82) is 0 Å². The topological polar surface area (TPSA) is 11.3 Å². The van der Waals surface area contributed by atoms with Gasteiger partial charge in [-0.15, -0.1) is 0 Å². The summed E-state index contributed by atoms with van der Waals surface area (Å²) in [5.74, 6) is 2.11. The summed E-state index contributed by atoms with van der Waals surface area (Å²) < 4.78 is 44.7. The molecule has 0 saturated carbocycles. The quantitative estimate of drug-likeness (QED) is 0.405. The van der Waals surface area contributed by atoms with E-state index in [-0.39, 0.29) is 0 Å². The Labute approximate surface area is 121 Å². The average molecular weight is 300 g/mol. The van der Waals surface area contributed by atoms with Crippen molar-refractivity contribution in [3.05, 3.63) is 54.0 Å². The van der Waals surface area contributed by atoms with Gasteiger partial charge in [0.25, 0.3) is 0 Å². The van der Waals surface area contributed by atoms with Gasteiger partial charge in [0.15, 0.2) is 0 Å². The number of hydrogen-bond acceptors (Lipinski definition) is 0. The van der Waals surface area contributed by atoms with Gasteiger partial charge in [-0.05, 0) is 11.1 Å². The predicted molar refractivity (Wildman–Crippen MR) is 77.5 cm³/mol. The second-order valence-electron chi connectivity index (χ2n) is 4.35. The summed E-state index contributed by atoms with van der Waals surface area (Å²) in [4.78, 5) is 0. The molecule has 0 aliphatic rings. The molecule has 2 aromatic rings. The van der Waals surface area contributed by atoms with Crippen LogP contribution in [0.15, 0.2) is 46.9 Å². The molecule has 0 atom stereocenters. The Morgan fingerprint density at radius 2 is 1.24 bits per heavy atom.